The molecule has 0 saturated carbocycles. The maximum Gasteiger partial charge on any atom is 0.229 e. The highest BCUT2D eigenvalue weighted by Gasteiger charge is 2.35. The van der Waals surface area contributed by atoms with Crippen LogP contribution in [0.15, 0.2) is 42.5 Å². The van der Waals surface area contributed by atoms with Crippen LogP contribution in [-0.4, -0.2) is 24.1 Å². The lowest BCUT2D eigenvalue weighted by Gasteiger charge is -2.17. The first kappa shape index (κ1) is 18.1. The summed E-state index contributed by atoms with van der Waals surface area (Å²) in [5.74, 6) is -1.66. The number of halogens is 2. The van der Waals surface area contributed by atoms with Crippen LogP contribution in [0.4, 0.5) is 15.8 Å². The Morgan fingerprint density at radius 1 is 1.19 bits per heavy atom. The van der Waals surface area contributed by atoms with Gasteiger partial charge in [-0.1, -0.05) is 11.6 Å². The number of Topliss-reactive ketones (excluding diaryl/α,β-unsaturated/α-hetero) is 1. The van der Waals surface area contributed by atoms with Crippen LogP contribution in [0.2, 0.25) is 5.02 Å². The molecule has 1 saturated heterocycles. The SMILES string of the molecule is CC(=O)c1ccc(NC(=O)C2CC(=O)N(c3ccc(F)c(Cl)c3)C2)cc1. The first-order chi connectivity index (χ1) is 12.3. The Kier molecular flexibility index (Phi) is 5.04. The maximum absolute atomic E-state index is 13.3. The summed E-state index contributed by atoms with van der Waals surface area (Å²) in [4.78, 5) is 37.4. The van der Waals surface area contributed by atoms with Gasteiger partial charge in [-0.25, -0.2) is 4.39 Å². The lowest BCUT2D eigenvalue weighted by Crippen LogP contribution is -2.28. The van der Waals surface area contributed by atoms with Gasteiger partial charge in [0.1, 0.15) is 5.82 Å². The van der Waals surface area contributed by atoms with Gasteiger partial charge in [0.15, 0.2) is 5.78 Å². The molecule has 2 aromatic rings. The smallest absolute Gasteiger partial charge is 0.229 e. The number of ketones is 1. The molecule has 2 aromatic carbocycles. The lowest BCUT2D eigenvalue weighted by atomic mass is 10.1. The zero-order chi connectivity index (χ0) is 18.8. The Morgan fingerprint density at radius 3 is 2.50 bits per heavy atom. The quantitative estimate of drug-likeness (QED) is 0.830. The number of hydrogen-bond donors (Lipinski definition) is 1. The minimum Gasteiger partial charge on any atom is -0.326 e. The number of nitrogens with one attached hydrogen (secondary N) is 1. The third-order valence-electron chi connectivity index (χ3n) is 4.27. The van der Waals surface area contributed by atoms with E-state index in [0.29, 0.717) is 16.9 Å². The number of rotatable bonds is 4. The van der Waals surface area contributed by atoms with E-state index in [1.807, 2.05) is 0 Å². The van der Waals surface area contributed by atoms with E-state index in [0.717, 1.165) is 0 Å². The molecule has 0 aliphatic carbocycles. The fraction of sp³-hybridized carbons (Fsp3) is 0.211. The molecule has 1 atom stereocenters. The molecular weight excluding hydrogens is 359 g/mol. The summed E-state index contributed by atoms with van der Waals surface area (Å²) >= 11 is 5.76. The fourth-order valence-electron chi connectivity index (χ4n) is 2.82. The van der Waals surface area contributed by atoms with Crippen molar-refractivity contribution in [2.24, 2.45) is 5.92 Å². The van der Waals surface area contributed by atoms with E-state index in [2.05, 4.69) is 5.32 Å². The van der Waals surface area contributed by atoms with Crippen molar-refractivity contribution in [3.8, 4) is 0 Å². The topological polar surface area (TPSA) is 66.5 Å². The molecule has 1 unspecified atom stereocenters. The molecule has 134 valence electrons. The molecule has 26 heavy (non-hydrogen) atoms. The average Bonchev–Trinajstić information content (AvgIpc) is 3.00. The van der Waals surface area contributed by atoms with E-state index in [4.69, 9.17) is 11.6 Å². The highest BCUT2D eigenvalue weighted by Crippen LogP contribution is 2.29. The molecular formula is C19H16ClFN2O3. The second kappa shape index (κ2) is 7.25. The van der Waals surface area contributed by atoms with Crippen LogP contribution in [0.5, 0.6) is 0 Å². The molecule has 3 rings (SSSR count). The summed E-state index contributed by atoms with van der Waals surface area (Å²) in [6, 6.07) is 10.6. The summed E-state index contributed by atoms with van der Waals surface area (Å²) in [5, 5.41) is 2.67. The largest absolute Gasteiger partial charge is 0.326 e. The maximum atomic E-state index is 13.3. The molecule has 1 N–H and O–H groups in total. The van der Waals surface area contributed by atoms with Crippen LogP contribution in [0.25, 0.3) is 0 Å². The van der Waals surface area contributed by atoms with Gasteiger partial charge < -0.3 is 10.2 Å². The summed E-state index contributed by atoms with van der Waals surface area (Å²) in [7, 11) is 0. The average molecular weight is 375 g/mol. The van der Waals surface area contributed by atoms with Crippen LogP contribution >= 0.6 is 11.6 Å². The van der Waals surface area contributed by atoms with Crippen molar-refractivity contribution in [3.63, 3.8) is 0 Å². The van der Waals surface area contributed by atoms with Gasteiger partial charge in [0, 0.05) is 29.9 Å². The predicted molar refractivity (Wildman–Crippen MR) is 96.9 cm³/mol. The van der Waals surface area contributed by atoms with Crippen molar-refractivity contribution in [3.05, 3.63) is 58.9 Å². The molecule has 1 aliphatic heterocycles. The Hall–Kier alpha value is -2.73. The number of hydrogen-bond acceptors (Lipinski definition) is 3. The second-order valence-corrected chi connectivity index (χ2v) is 6.53. The number of carbonyl (C=O) groups excluding carboxylic acids is 3. The first-order valence-corrected chi connectivity index (χ1v) is 8.40. The van der Waals surface area contributed by atoms with E-state index in [9.17, 15) is 18.8 Å². The Balaban J connectivity index is 1.68. The van der Waals surface area contributed by atoms with E-state index in [1.165, 1.54) is 30.0 Å². The van der Waals surface area contributed by atoms with Crippen molar-refractivity contribution >= 4 is 40.6 Å². The van der Waals surface area contributed by atoms with Crippen LogP contribution in [0.3, 0.4) is 0 Å². The molecule has 1 aliphatic rings. The van der Waals surface area contributed by atoms with Crippen LogP contribution in [0, 0.1) is 11.7 Å². The van der Waals surface area contributed by atoms with Gasteiger partial charge in [-0.2, -0.15) is 0 Å². The van der Waals surface area contributed by atoms with E-state index < -0.39 is 11.7 Å². The van der Waals surface area contributed by atoms with E-state index in [-0.39, 0.29) is 35.6 Å². The number of carbonyl (C=O) groups is 3. The Labute approximate surface area is 154 Å². The van der Waals surface area contributed by atoms with Crippen molar-refractivity contribution in [1.82, 2.24) is 0 Å². The van der Waals surface area contributed by atoms with Gasteiger partial charge in [0.05, 0.1) is 10.9 Å². The highest BCUT2D eigenvalue weighted by molar-refractivity contribution is 6.31. The number of nitrogens with zero attached hydrogens (tertiary/aromatic N) is 1. The fourth-order valence-corrected chi connectivity index (χ4v) is 2.99. The van der Waals surface area contributed by atoms with Crippen LogP contribution in [0.1, 0.15) is 23.7 Å². The number of amides is 2. The van der Waals surface area contributed by atoms with E-state index in [1.54, 1.807) is 24.3 Å². The van der Waals surface area contributed by atoms with Crippen molar-refractivity contribution in [2.45, 2.75) is 13.3 Å². The molecule has 0 spiro atoms. The summed E-state index contributed by atoms with van der Waals surface area (Å²) < 4.78 is 13.3. The highest BCUT2D eigenvalue weighted by atomic mass is 35.5. The Morgan fingerprint density at radius 2 is 1.88 bits per heavy atom. The van der Waals surface area contributed by atoms with Gasteiger partial charge >= 0.3 is 0 Å². The normalized spacial score (nSPS) is 16.7. The zero-order valence-electron chi connectivity index (χ0n) is 14.0. The van der Waals surface area contributed by atoms with Gasteiger partial charge in [-0.3, -0.25) is 14.4 Å². The molecule has 1 heterocycles. The number of anilines is 2. The van der Waals surface area contributed by atoms with Gasteiger partial charge in [-0.15, -0.1) is 0 Å². The first-order valence-electron chi connectivity index (χ1n) is 8.02. The van der Waals surface area contributed by atoms with Gasteiger partial charge in [0.2, 0.25) is 11.8 Å². The lowest BCUT2D eigenvalue weighted by molar-refractivity contribution is -0.122. The minimum atomic E-state index is -0.564. The standard InChI is InChI=1S/C19H16ClFN2O3/c1-11(24)12-2-4-14(5-3-12)22-19(26)13-8-18(25)23(10-13)15-6-7-17(21)16(20)9-15/h2-7,9,13H,8,10H2,1H3,(H,22,26). The zero-order valence-corrected chi connectivity index (χ0v) is 14.7. The molecule has 0 radical (unpaired) electrons. The molecule has 5 nitrogen and oxygen atoms in total. The third-order valence-corrected chi connectivity index (χ3v) is 4.56. The van der Waals surface area contributed by atoms with Crippen molar-refractivity contribution in [1.29, 1.82) is 0 Å². The second-order valence-electron chi connectivity index (χ2n) is 6.13. The molecule has 0 aromatic heterocycles. The van der Waals surface area contributed by atoms with Gasteiger partial charge in [-0.05, 0) is 49.4 Å². The molecule has 7 heteroatoms. The van der Waals surface area contributed by atoms with Crippen molar-refractivity contribution < 1.29 is 18.8 Å². The van der Waals surface area contributed by atoms with E-state index >= 15 is 0 Å². The third kappa shape index (κ3) is 3.75. The molecule has 2 amide bonds. The van der Waals surface area contributed by atoms with Crippen LogP contribution in [-0.2, 0) is 9.59 Å². The monoisotopic (exact) mass is 374 g/mol. The number of benzene rings is 2. The summed E-state index contributed by atoms with van der Waals surface area (Å²) in [6.07, 6.45) is 0.0619. The molecule has 1 fully saturated rings. The van der Waals surface area contributed by atoms with Gasteiger partial charge in [0.25, 0.3) is 0 Å². The summed E-state index contributed by atoms with van der Waals surface area (Å²) in [5.41, 5.74) is 1.57. The predicted octanol–water partition coefficient (Wildman–Crippen LogP) is 3.67. The molecule has 0 bridgehead atoms. The van der Waals surface area contributed by atoms with Crippen LogP contribution < -0.4 is 10.2 Å². The minimum absolute atomic E-state index is 0.0575. The Bertz CT molecular complexity index is 883. The van der Waals surface area contributed by atoms with Crippen molar-refractivity contribution in [2.75, 3.05) is 16.8 Å². The summed E-state index contributed by atoms with van der Waals surface area (Å²) in [6.45, 7) is 1.66.